The van der Waals surface area contributed by atoms with Crippen molar-refractivity contribution in [2.75, 3.05) is 18.4 Å². The summed E-state index contributed by atoms with van der Waals surface area (Å²) < 4.78 is 0. The van der Waals surface area contributed by atoms with E-state index in [0.717, 1.165) is 37.9 Å². The standard InChI is InChI=1S/C24H30N2O2/c1-17(2)16-19-6-8-20(9-7-19)18(3)23(27)25-22-12-10-21(11-13-22)24(28)26-14-4-5-15-26/h6-13,17-18H,4-5,14-16H2,1-3H3,(H,25,27). The number of amides is 2. The molecular formula is C24H30N2O2. The first-order valence-electron chi connectivity index (χ1n) is 10.2. The molecule has 4 nitrogen and oxygen atoms in total. The first kappa shape index (κ1) is 20.1. The molecule has 1 atom stereocenters. The van der Waals surface area contributed by atoms with Crippen molar-refractivity contribution < 1.29 is 9.59 Å². The number of carbonyl (C=O) groups excluding carboxylic acids is 2. The van der Waals surface area contributed by atoms with E-state index in [1.54, 1.807) is 24.3 Å². The van der Waals surface area contributed by atoms with Crippen molar-refractivity contribution in [2.45, 2.75) is 46.0 Å². The predicted molar refractivity (Wildman–Crippen MR) is 114 cm³/mol. The number of nitrogens with one attached hydrogen (secondary N) is 1. The van der Waals surface area contributed by atoms with Gasteiger partial charge in [-0.25, -0.2) is 0 Å². The third-order valence-electron chi connectivity index (χ3n) is 5.31. The van der Waals surface area contributed by atoms with Gasteiger partial charge < -0.3 is 10.2 Å². The van der Waals surface area contributed by atoms with E-state index < -0.39 is 0 Å². The Bertz CT molecular complexity index is 804. The molecule has 0 saturated carbocycles. The van der Waals surface area contributed by atoms with Gasteiger partial charge in [-0.15, -0.1) is 0 Å². The van der Waals surface area contributed by atoms with Crippen molar-refractivity contribution in [1.29, 1.82) is 0 Å². The summed E-state index contributed by atoms with van der Waals surface area (Å²) in [7, 11) is 0. The second-order valence-electron chi connectivity index (χ2n) is 8.13. The van der Waals surface area contributed by atoms with Crippen LogP contribution in [0.2, 0.25) is 0 Å². The van der Waals surface area contributed by atoms with E-state index in [1.807, 2.05) is 24.0 Å². The first-order chi connectivity index (χ1) is 13.4. The molecule has 0 bridgehead atoms. The molecule has 3 rings (SSSR count). The molecule has 2 aromatic rings. The summed E-state index contributed by atoms with van der Waals surface area (Å²) in [6, 6.07) is 15.5. The first-order valence-corrected chi connectivity index (χ1v) is 10.2. The molecule has 0 aliphatic carbocycles. The normalized spacial score (nSPS) is 14.9. The molecule has 1 heterocycles. The molecule has 0 spiro atoms. The zero-order chi connectivity index (χ0) is 20.1. The molecule has 1 N–H and O–H groups in total. The molecule has 148 valence electrons. The number of hydrogen-bond acceptors (Lipinski definition) is 2. The maximum Gasteiger partial charge on any atom is 0.253 e. The van der Waals surface area contributed by atoms with Gasteiger partial charge in [-0.05, 0) is 67.5 Å². The topological polar surface area (TPSA) is 49.4 Å². The second kappa shape index (κ2) is 9.05. The molecule has 1 unspecified atom stereocenters. The van der Waals surface area contributed by atoms with Gasteiger partial charge in [0.25, 0.3) is 5.91 Å². The Morgan fingerprint density at radius 1 is 0.929 bits per heavy atom. The Morgan fingerprint density at radius 3 is 2.11 bits per heavy atom. The van der Waals surface area contributed by atoms with Gasteiger partial charge in [-0.1, -0.05) is 38.1 Å². The maximum atomic E-state index is 12.6. The predicted octanol–water partition coefficient (Wildman–Crippen LogP) is 4.86. The van der Waals surface area contributed by atoms with E-state index in [0.29, 0.717) is 17.2 Å². The zero-order valence-electron chi connectivity index (χ0n) is 17.1. The minimum atomic E-state index is -0.237. The van der Waals surface area contributed by atoms with Crippen LogP contribution < -0.4 is 5.32 Å². The molecule has 1 aliphatic rings. The molecule has 28 heavy (non-hydrogen) atoms. The minimum Gasteiger partial charge on any atom is -0.339 e. The molecule has 1 aliphatic heterocycles. The van der Waals surface area contributed by atoms with Gasteiger partial charge >= 0.3 is 0 Å². The average Bonchev–Trinajstić information content (AvgIpc) is 3.22. The SMILES string of the molecule is CC(C)Cc1ccc(C(C)C(=O)Nc2ccc(C(=O)N3CCCC3)cc2)cc1. The van der Waals surface area contributed by atoms with Gasteiger partial charge in [0.1, 0.15) is 0 Å². The third kappa shape index (κ3) is 5.00. The smallest absolute Gasteiger partial charge is 0.253 e. The number of nitrogens with zero attached hydrogens (tertiary/aromatic N) is 1. The Hall–Kier alpha value is -2.62. The van der Waals surface area contributed by atoms with Crippen molar-refractivity contribution in [2.24, 2.45) is 5.92 Å². The fraction of sp³-hybridized carbons (Fsp3) is 0.417. The van der Waals surface area contributed by atoms with Gasteiger partial charge in [0.05, 0.1) is 5.92 Å². The van der Waals surface area contributed by atoms with Crippen LogP contribution >= 0.6 is 0 Å². The van der Waals surface area contributed by atoms with Crippen molar-refractivity contribution >= 4 is 17.5 Å². The Labute approximate surface area is 167 Å². The van der Waals surface area contributed by atoms with Crippen LogP contribution in [0.25, 0.3) is 0 Å². The molecule has 4 heteroatoms. The van der Waals surface area contributed by atoms with Crippen LogP contribution in [0.4, 0.5) is 5.69 Å². The second-order valence-corrected chi connectivity index (χ2v) is 8.13. The lowest BCUT2D eigenvalue weighted by Gasteiger charge is -2.16. The quantitative estimate of drug-likeness (QED) is 0.780. The summed E-state index contributed by atoms with van der Waals surface area (Å²) in [5, 5.41) is 2.96. The molecule has 1 fully saturated rings. The van der Waals surface area contributed by atoms with Gasteiger partial charge in [0.2, 0.25) is 5.91 Å². The van der Waals surface area contributed by atoms with Gasteiger partial charge in [-0.2, -0.15) is 0 Å². The van der Waals surface area contributed by atoms with E-state index in [2.05, 4.69) is 31.3 Å². The zero-order valence-corrected chi connectivity index (χ0v) is 17.1. The lowest BCUT2D eigenvalue weighted by molar-refractivity contribution is -0.117. The van der Waals surface area contributed by atoms with E-state index in [4.69, 9.17) is 0 Å². The van der Waals surface area contributed by atoms with E-state index in [1.165, 1.54) is 5.56 Å². The van der Waals surface area contributed by atoms with Crippen LogP contribution in [0.1, 0.15) is 61.0 Å². The Balaban J connectivity index is 1.59. The fourth-order valence-corrected chi connectivity index (χ4v) is 3.61. The monoisotopic (exact) mass is 378 g/mol. The summed E-state index contributed by atoms with van der Waals surface area (Å²) in [4.78, 5) is 26.9. The molecule has 1 saturated heterocycles. The largest absolute Gasteiger partial charge is 0.339 e. The third-order valence-corrected chi connectivity index (χ3v) is 5.31. The summed E-state index contributed by atoms with van der Waals surface area (Å²) in [6.45, 7) is 8.00. The van der Waals surface area contributed by atoms with Gasteiger partial charge in [0, 0.05) is 24.3 Å². The van der Waals surface area contributed by atoms with Crippen molar-refractivity contribution in [3.8, 4) is 0 Å². The van der Waals surface area contributed by atoms with Crippen LogP contribution in [0, 0.1) is 5.92 Å². The molecule has 2 amide bonds. The summed E-state index contributed by atoms with van der Waals surface area (Å²) in [5.74, 6) is 0.409. The van der Waals surface area contributed by atoms with Crippen LogP contribution in [-0.2, 0) is 11.2 Å². The number of anilines is 1. The average molecular weight is 379 g/mol. The van der Waals surface area contributed by atoms with Crippen LogP contribution in [0.15, 0.2) is 48.5 Å². The van der Waals surface area contributed by atoms with Crippen LogP contribution in [0.5, 0.6) is 0 Å². The summed E-state index contributed by atoms with van der Waals surface area (Å²) in [6.07, 6.45) is 3.20. The lowest BCUT2D eigenvalue weighted by Crippen LogP contribution is -2.27. The summed E-state index contributed by atoms with van der Waals surface area (Å²) in [5.41, 5.74) is 3.69. The fourth-order valence-electron chi connectivity index (χ4n) is 3.61. The maximum absolute atomic E-state index is 12.6. The Morgan fingerprint density at radius 2 is 1.54 bits per heavy atom. The van der Waals surface area contributed by atoms with Crippen molar-refractivity contribution in [1.82, 2.24) is 4.90 Å². The molecule has 0 aromatic heterocycles. The minimum absolute atomic E-state index is 0.0461. The van der Waals surface area contributed by atoms with E-state index in [9.17, 15) is 9.59 Å². The number of carbonyl (C=O) groups is 2. The number of likely N-dealkylation sites (tertiary alicyclic amines) is 1. The van der Waals surface area contributed by atoms with Crippen LogP contribution in [0.3, 0.4) is 0 Å². The highest BCUT2D eigenvalue weighted by Gasteiger charge is 2.20. The van der Waals surface area contributed by atoms with Crippen molar-refractivity contribution in [3.63, 3.8) is 0 Å². The lowest BCUT2D eigenvalue weighted by atomic mass is 9.96. The van der Waals surface area contributed by atoms with E-state index in [-0.39, 0.29) is 17.7 Å². The number of hydrogen-bond donors (Lipinski definition) is 1. The van der Waals surface area contributed by atoms with Crippen LogP contribution in [-0.4, -0.2) is 29.8 Å². The van der Waals surface area contributed by atoms with Gasteiger partial charge in [0.15, 0.2) is 0 Å². The molecule has 2 aromatic carbocycles. The van der Waals surface area contributed by atoms with E-state index >= 15 is 0 Å². The summed E-state index contributed by atoms with van der Waals surface area (Å²) >= 11 is 0. The van der Waals surface area contributed by atoms with Crippen molar-refractivity contribution in [3.05, 3.63) is 65.2 Å². The van der Waals surface area contributed by atoms with Gasteiger partial charge in [-0.3, -0.25) is 9.59 Å². The highest BCUT2D eigenvalue weighted by molar-refractivity contribution is 5.97. The molecule has 0 radical (unpaired) electrons. The highest BCUT2D eigenvalue weighted by atomic mass is 16.2. The number of rotatable bonds is 6. The number of benzene rings is 2. The highest BCUT2D eigenvalue weighted by Crippen LogP contribution is 2.21. The molecular weight excluding hydrogens is 348 g/mol. The Kier molecular flexibility index (Phi) is 6.50.